The first-order chi connectivity index (χ1) is 9.51. The first-order valence-electron chi connectivity index (χ1n) is 7.02. The molecule has 112 valence electrons. The Bertz CT molecular complexity index is 404. The molecule has 1 atom stereocenters. The van der Waals surface area contributed by atoms with E-state index in [1.165, 1.54) is 0 Å². The standard InChI is InChI=1S/C13H21N3O4/c1-2-15-8-10(7-11(15)17)13(20)16-5-3-14(4-6-16)9-12(18)19/h10H,2-9H2,1H3,(H,18,19). The largest absolute Gasteiger partial charge is 0.480 e. The number of amides is 2. The van der Waals surface area contributed by atoms with Crippen molar-refractivity contribution in [2.45, 2.75) is 13.3 Å². The first-order valence-corrected chi connectivity index (χ1v) is 7.02. The fraction of sp³-hybridized carbons (Fsp3) is 0.769. The Labute approximate surface area is 118 Å². The predicted molar refractivity (Wildman–Crippen MR) is 71.0 cm³/mol. The van der Waals surface area contributed by atoms with E-state index in [0.29, 0.717) is 45.7 Å². The van der Waals surface area contributed by atoms with Crippen LogP contribution in [0, 0.1) is 5.92 Å². The predicted octanol–water partition coefficient (Wildman–Crippen LogP) is -0.916. The van der Waals surface area contributed by atoms with Crippen LogP contribution >= 0.6 is 0 Å². The SMILES string of the molecule is CCN1CC(C(=O)N2CCN(CC(=O)O)CC2)CC1=O. The number of rotatable bonds is 4. The number of carbonyl (C=O) groups is 3. The molecule has 2 aliphatic rings. The monoisotopic (exact) mass is 283 g/mol. The molecule has 0 spiro atoms. The lowest BCUT2D eigenvalue weighted by atomic mass is 10.1. The van der Waals surface area contributed by atoms with Crippen LogP contribution in [-0.4, -0.2) is 83.4 Å². The highest BCUT2D eigenvalue weighted by Gasteiger charge is 2.36. The second kappa shape index (κ2) is 6.21. The molecule has 2 fully saturated rings. The number of likely N-dealkylation sites (tertiary alicyclic amines) is 1. The van der Waals surface area contributed by atoms with Crippen LogP contribution in [0.15, 0.2) is 0 Å². The molecule has 1 unspecified atom stereocenters. The lowest BCUT2D eigenvalue weighted by Crippen LogP contribution is -2.51. The molecular weight excluding hydrogens is 262 g/mol. The summed E-state index contributed by atoms with van der Waals surface area (Å²) in [5, 5.41) is 8.73. The number of hydrogen-bond acceptors (Lipinski definition) is 4. The third kappa shape index (κ3) is 3.27. The van der Waals surface area contributed by atoms with Gasteiger partial charge >= 0.3 is 5.97 Å². The number of hydrogen-bond donors (Lipinski definition) is 1. The van der Waals surface area contributed by atoms with Crippen LogP contribution in [0.1, 0.15) is 13.3 Å². The molecule has 2 rings (SSSR count). The Kier molecular flexibility index (Phi) is 4.59. The average molecular weight is 283 g/mol. The van der Waals surface area contributed by atoms with E-state index in [0.717, 1.165) is 0 Å². The van der Waals surface area contributed by atoms with E-state index >= 15 is 0 Å². The van der Waals surface area contributed by atoms with E-state index in [1.807, 2.05) is 11.8 Å². The summed E-state index contributed by atoms with van der Waals surface area (Å²) in [6, 6.07) is 0. The van der Waals surface area contributed by atoms with E-state index in [2.05, 4.69) is 0 Å². The van der Waals surface area contributed by atoms with Crippen molar-refractivity contribution in [1.29, 1.82) is 0 Å². The second-order valence-electron chi connectivity index (χ2n) is 5.33. The summed E-state index contributed by atoms with van der Waals surface area (Å²) in [5.41, 5.74) is 0. The van der Waals surface area contributed by atoms with Gasteiger partial charge in [-0.1, -0.05) is 0 Å². The van der Waals surface area contributed by atoms with Gasteiger partial charge < -0.3 is 14.9 Å². The minimum atomic E-state index is -0.843. The molecule has 0 saturated carbocycles. The summed E-state index contributed by atoms with van der Waals surface area (Å²) in [6.07, 6.45) is 0.308. The number of carboxylic acid groups (broad SMARTS) is 1. The molecule has 0 aromatic heterocycles. The smallest absolute Gasteiger partial charge is 0.317 e. The van der Waals surface area contributed by atoms with Crippen molar-refractivity contribution in [1.82, 2.24) is 14.7 Å². The van der Waals surface area contributed by atoms with Crippen molar-refractivity contribution in [3.05, 3.63) is 0 Å². The summed E-state index contributed by atoms with van der Waals surface area (Å²) in [5.74, 6) is -0.988. The minimum Gasteiger partial charge on any atom is -0.480 e. The lowest BCUT2D eigenvalue weighted by Gasteiger charge is -2.35. The lowest BCUT2D eigenvalue weighted by molar-refractivity contribution is -0.140. The molecule has 2 heterocycles. The van der Waals surface area contributed by atoms with Gasteiger partial charge in [0, 0.05) is 45.7 Å². The molecule has 2 aliphatic heterocycles. The van der Waals surface area contributed by atoms with Gasteiger partial charge in [-0.05, 0) is 6.92 Å². The second-order valence-corrected chi connectivity index (χ2v) is 5.33. The number of nitrogens with zero attached hydrogens (tertiary/aromatic N) is 3. The zero-order valence-corrected chi connectivity index (χ0v) is 11.7. The van der Waals surface area contributed by atoms with Crippen LogP contribution in [0.3, 0.4) is 0 Å². The molecule has 0 radical (unpaired) electrons. The van der Waals surface area contributed by atoms with Crippen molar-refractivity contribution in [3.63, 3.8) is 0 Å². The molecule has 7 nitrogen and oxygen atoms in total. The van der Waals surface area contributed by atoms with Gasteiger partial charge in [0.05, 0.1) is 12.5 Å². The molecule has 0 aromatic rings. The Hall–Kier alpha value is -1.63. The maximum atomic E-state index is 12.3. The highest BCUT2D eigenvalue weighted by atomic mass is 16.4. The normalized spacial score (nSPS) is 24.2. The van der Waals surface area contributed by atoms with Gasteiger partial charge in [0.15, 0.2) is 0 Å². The molecule has 2 saturated heterocycles. The quantitative estimate of drug-likeness (QED) is 0.722. The van der Waals surface area contributed by atoms with Gasteiger partial charge in [0.2, 0.25) is 11.8 Å². The fourth-order valence-electron chi connectivity index (χ4n) is 2.82. The molecule has 2 amide bonds. The van der Waals surface area contributed by atoms with Crippen LogP contribution in [-0.2, 0) is 14.4 Å². The van der Waals surface area contributed by atoms with Crippen molar-refractivity contribution >= 4 is 17.8 Å². The summed E-state index contributed by atoms with van der Waals surface area (Å²) >= 11 is 0. The first kappa shape index (κ1) is 14.8. The zero-order chi connectivity index (χ0) is 14.7. The van der Waals surface area contributed by atoms with Gasteiger partial charge in [-0.15, -0.1) is 0 Å². The maximum Gasteiger partial charge on any atom is 0.317 e. The van der Waals surface area contributed by atoms with Crippen LogP contribution < -0.4 is 0 Å². The summed E-state index contributed by atoms with van der Waals surface area (Å²) in [4.78, 5) is 39.9. The molecule has 1 N–H and O–H groups in total. The summed E-state index contributed by atoms with van der Waals surface area (Å²) in [7, 11) is 0. The molecule has 7 heteroatoms. The van der Waals surface area contributed by atoms with E-state index in [9.17, 15) is 14.4 Å². The van der Waals surface area contributed by atoms with Gasteiger partial charge in [-0.2, -0.15) is 0 Å². The molecule has 0 aromatic carbocycles. The third-order valence-electron chi connectivity index (χ3n) is 3.99. The Morgan fingerprint density at radius 3 is 2.40 bits per heavy atom. The molecular formula is C13H21N3O4. The van der Waals surface area contributed by atoms with Crippen LogP contribution in [0.2, 0.25) is 0 Å². The third-order valence-corrected chi connectivity index (χ3v) is 3.99. The number of aliphatic carboxylic acids is 1. The van der Waals surface area contributed by atoms with E-state index in [-0.39, 0.29) is 24.3 Å². The van der Waals surface area contributed by atoms with E-state index in [1.54, 1.807) is 9.80 Å². The van der Waals surface area contributed by atoms with Gasteiger partial charge in [0.25, 0.3) is 0 Å². The van der Waals surface area contributed by atoms with Crippen molar-refractivity contribution < 1.29 is 19.5 Å². The van der Waals surface area contributed by atoms with E-state index in [4.69, 9.17) is 5.11 Å². The van der Waals surface area contributed by atoms with Gasteiger partial charge in [-0.25, -0.2) is 0 Å². The minimum absolute atomic E-state index is 0.0214. The average Bonchev–Trinajstić information content (AvgIpc) is 2.79. The number of piperazine rings is 1. The Balaban J connectivity index is 1.83. The number of carbonyl (C=O) groups excluding carboxylic acids is 2. The maximum absolute atomic E-state index is 12.3. The van der Waals surface area contributed by atoms with Crippen LogP contribution in [0.4, 0.5) is 0 Å². The fourth-order valence-corrected chi connectivity index (χ4v) is 2.82. The highest BCUT2D eigenvalue weighted by molar-refractivity contribution is 5.89. The van der Waals surface area contributed by atoms with Crippen molar-refractivity contribution in [3.8, 4) is 0 Å². The zero-order valence-electron chi connectivity index (χ0n) is 11.7. The number of carboxylic acids is 1. The molecule has 20 heavy (non-hydrogen) atoms. The van der Waals surface area contributed by atoms with Crippen molar-refractivity contribution in [2.24, 2.45) is 5.92 Å². The highest BCUT2D eigenvalue weighted by Crippen LogP contribution is 2.20. The summed E-state index contributed by atoms with van der Waals surface area (Å²) in [6.45, 7) is 5.35. The van der Waals surface area contributed by atoms with Crippen LogP contribution in [0.5, 0.6) is 0 Å². The van der Waals surface area contributed by atoms with Gasteiger partial charge in [0.1, 0.15) is 0 Å². The summed E-state index contributed by atoms with van der Waals surface area (Å²) < 4.78 is 0. The van der Waals surface area contributed by atoms with Crippen LogP contribution in [0.25, 0.3) is 0 Å². The van der Waals surface area contributed by atoms with Crippen molar-refractivity contribution in [2.75, 3.05) is 45.8 Å². The molecule has 0 aliphatic carbocycles. The topological polar surface area (TPSA) is 81.2 Å². The molecule has 0 bridgehead atoms. The Morgan fingerprint density at radius 1 is 1.25 bits per heavy atom. The van der Waals surface area contributed by atoms with E-state index < -0.39 is 5.97 Å². The van der Waals surface area contributed by atoms with Gasteiger partial charge in [-0.3, -0.25) is 19.3 Å². The Morgan fingerprint density at radius 2 is 1.90 bits per heavy atom.